The van der Waals surface area contributed by atoms with Gasteiger partial charge in [-0.15, -0.1) is 0 Å². The van der Waals surface area contributed by atoms with E-state index < -0.39 is 8.32 Å². The van der Waals surface area contributed by atoms with Crippen molar-refractivity contribution in [2.75, 3.05) is 7.11 Å². The number of hydrogen-bond donors (Lipinski definition) is 0. The molecule has 104 valence electrons. The molecule has 0 aromatic heterocycles. The highest BCUT2D eigenvalue weighted by Gasteiger charge is 2.56. The molecule has 0 saturated heterocycles. The summed E-state index contributed by atoms with van der Waals surface area (Å²) < 4.78 is 6.30. The van der Waals surface area contributed by atoms with Crippen LogP contribution in [0.4, 0.5) is 0 Å². The van der Waals surface area contributed by atoms with Crippen molar-refractivity contribution in [3.8, 4) is 0 Å². The predicted octanol–water partition coefficient (Wildman–Crippen LogP) is 5.61. The molecule has 0 aromatic carbocycles. The molecule has 2 heteroatoms. The van der Waals surface area contributed by atoms with Crippen LogP contribution in [0.25, 0.3) is 0 Å². The topological polar surface area (TPSA) is 9.23 Å². The van der Waals surface area contributed by atoms with E-state index in [1.165, 1.54) is 18.9 Å². The van der Waals surface area contributed by atoms with E-state index in [-0.39, 0.29) is 0 Å². The fourth-order valence-electron chi connectivity index (χ4n) is 3.25. The first kappa shape index (κ1) is 17.2. The molecule has 0 bridgehead atoms. The van der Waals surface area contributed by atoms with E-state index >= 15 is 0 Å². The Hall–Kier alpha value is 0.177. The van der Waals surface area contributed by atoms with Crippen LogP contribution in [-0.2, 0) is 4.43 Å². The molecule has 1 nitrogen and oxygen atoms in total. The Balaban J connectivity index is 5.61. The molecule has 0 atom stereocenters. The van der Waals surface area contributed by atoms with Crippen LogP contribution in [0.5, 0.6) is 0 Å². The minimum atomic E-state index is -1.79. The van der Waals surface area contributed by atoms with Gasteiger partial charge in [0.2, 0.25) is 8.32 Å². The third kappa shape index (κ3) is 3.14. The van der Waals surface area contributed by atoms with Gasteiger partial charge < -0.3 is 4.43 Å². The molecule has 0 amide bonds. The molecule has 0 aliphatic carbocycles. The van der Waals surface area contributed by atoms with Gasteiger partial charge in [0.15, 0.2) is 0 Å². The Morgan fingerprint density at radius 1 is 0.941 bits per heavy atom. The van der Waals surface area contributed by atoms with E-state index in [4.69, 9.17) is 4.43 Å². The van der Waals surface area contributed by atoms with Crippen LogP contribution in [-0.4, -0.2) is 15.4 Å². The standard InChI is InChI=1S/C15H34OSi/c1-10-14(5,6)17(16-9,12-13(3)4)15(7,8)11-2/h13H,10-12H2,1-9H3. The average Bonchev–Trinajstić information content (AvgIpc) is 2.24. The molecule has 0 radical (unpaired) electrons. The third-order valence-corrected chi connectivity index (χ3v) is 12.2. The fraction of sp³-hybridized carbons (Fsp3) is 1.00. The largest absolute Gasteiger partial charge is 0.419 e. The van der Waals surface area contributed by atoms with Crippen LogP contribution in [0.1, 0.15) is 68.2 Å². The van der Waals surface area contributed by atoms with E-state index in [2.05, 4.69) is 55.4 Å². The molecule has 0 aromatic rings. The van der Waals surface area contributed by atoms with Gasteiger partial charge in [-0.3, -0.25) is 0 Å². The summed E-state index contributed by atoms with van der Waals surface area (Å²) in [4.78, 5) is 0. The van der Waals surface area contributed by atoms with Crippen molar-refractivity contribution in [2.45, 2.75) is 84.4 Å². The summed E-state index contributed by atoms with van der Waals surface area (Å²) in [6, 6.07) is 1.27. The van der Waals surface area contributed by atoms with Gasteiger partial charge in [0.25, 0.3) is 0 Å². The van der Waals surface area contributed by atoms with Gasteiger partial charge in [0.05, 0.1) is 0 Å². The van der Waals surface area contributed by atoms with Gasteiger partial charge in [-0.25, -0.2) is 0 Å². The summed E-state index contributed by atoms with van der Waals surface area (Å²) >= 11 is 0. The van der Waals surface area contributed by atoms with Crippen molar-refractivity contribution in [1.29, 1.82) is 0 Å². The van der Waals surface area contributed by atoms with Crippen LogP contribution >= 0.6 is 0 Å². The first-order valence-electron chi connectivity index (χ1n) is 7.15. The van der Waals surface area contributed by atoms with E-state index in [9.17, 15) is 0 Å². The molecule has 0 heterocycles. The number of rotatable bonds is 7. The van der Waals surface area contributed by atoms with E-state index in [0.29, 0.717) is 10.1 Å². The SMILES string of the molecule is CCC(C)(C)[Si](CC(C)C)(OC)C(C)(C)CC. The first-order chi connectivity index (χ1) is 7.60. The van der Waals surface area contributed by atoms with Crippen molar-refractivity contribution in [3.05, 3.63) is 0 Å². The lowest BCUT2D eigenvalue weighted by atomic mass is 10.1. The summed E-state index contributed by atoms with van der Waals surface area (Å²) in [6.07, 6.45) is 2.42. The molecule has 0 fully saturated rings. The average molecular weight is 259 g/mol. The lowest BCUT2D eigenvalue weighted by Crippen LogP contribution is -2.56. The molecule has 0 aliphatic heterocycles. The van der Waals surface area contributed by atoms with Gasteiger partial charge in [-0.05, 0) is 22.0 Å². The minimum Gasteiger partial charge on any atom is -0.419 e. The maximum atomic E-state index is 6.30. The molecule has 0 rings (SSSR count). The maximum Gasteiger partial charge on any atom is 0.203 e. The molecule has 17 heavy (non-hydrogen) atoms. The Labute approximate surface area is 110 Å². The van der Waals surface area contributed by atoms with Crippen molar-refractivity contribution < 1.29 is 4.43 Å². The van der Waals surface area contributed by atoms with Gasteiger partial charge in [0, 0.05) is 7.11 Å². The quantitative estimate of drug-likeness (QED) is 0.539. The zero-order valence-corrected chi connectivity index (χ0v) is 14.6. The minimum absolute atomic E-state index is 0.339. The zero-order chi connectivity index (χ0) is 13.9. The number of hydrogen-bond acceptors (Lipinski definition) is 1. The summed E-state index contributed by atoms with van der Waals surface area (Å²) in [5.74, 6) is 0.721. The van der Waals surface area contributed by atoms with Crippen molar-refractivity contribution in [3.63, 3.8) is 0 Å². The molecule has 0 unspecified atom stereocenters. The van der Waals surface area contributed by atoms with Crippen molar-refractivity contribution in [1.82, 2.24) is 0 Å². The van der Waals surface area contributed by atoms with E-state index in [1.54, 1.807) is 0 Å². The molecule has 0 saturated carbocycles. The van der Waals surface area contributed by atoms with Crippen LogP contribution in [0.2, 0.25) is 16.1 Å². The Morgan fingerprint density at radius 3 is 1.47 bits per heavy atom. The molecular formula is C15H34OSi. The molecule has 0 N–H and O–H groups in total. The first-order valence-corrected chi connectivity index (χ1v) is 9.27. The lowest BCUT2D eigenvalue weighted by Gasteiger charge is -2.53. The van der Waals surface area contributed by atoms with Gasteiger partial charge in [-0.1, -0.05) is 68.2 Å². The smallest absolute Gasteiger partial charge is 0.203 e. The van der Waals surface area contributed by atoms with Crippen molar-refractivity contribution in [2.24, 2.45) is 5.92 Å². The monoisotopic (exact) mass is 258 g/mol. The Morgan fingerprint density at radius 2 is 1.29 bits per heavy atom. The Kier molecular flexibility index (Phi) is 5.94. The maximum absolute atomic E-state index is 6.30. The van der Waals surface area contributed by atoms with Gasteiger partial charge in [-0.2, -0.15) is 0 Å². The van der Waals surface area contributed by atoms with Crippen LogP contribution < -0.4 is 0 Å². The highest BCUT2D eigenvalue weighted by Crippen LogP contribution is 2.58. The van der Waals surface area contributed by atoms with Gasteiger partial charge in [0.1, 0.15) is 0 Å². The molecular weight excluding hydrogens is 224 g/mol. The van der Waals surface area contributed by atoms with E-state index in [0.717, 1.165) is 5.92 Å². The van der Waals surface area contributed by atoms with E-state index in [1.807, 2.05) is 7.11 Å². The highest BCUT2D eigenvalue weighted by molar-refractivity contribution is 6.79. The van der Waals surface area contributed by atoms with Crippen molar-refractivity contribution >= 4 is 8.32 Å². The Bertz CT molecular complexity index is 215. The van der Waals surface area contributed by atoms with Crippen LogP contribution in [0.15, 0.2) is 0 Å². The normalized spacial score (nSPS) is 14.5. The summed E-state index contributed by atoms with van der Waals surface area (Å²) in [6.45, 7) is 19.0. The second-order valence-corrected chi connectivity index (χ2v) is 12.3. The zero-order valence-electron chi connectivity index (χ0n) is 13.6. The molecule has 0 spiro atoms. The fourth-order valence-corrected chi connectivity index (χ4v) is 9.75. The summed E-state index contributed by atoms with van der Waals surface area (Å²) in [5, 5.41) is 0.678. The molecule has 0 aliphatic rings. The highest BCUT2D eigenvalue weighted by atomic mass is 28.4. The van der Waals surface area contributed by atoms with Crippen LogP contribution in [0, 0.1) is 5.92 Å². The van der Waals surface area contributed by atoms with Crippen LogP contribution in [0.3, 0.4) is 0 Å². The second-order valence-electron chi connectivity index (χ2n) is 7.10. The third-order valence-electron chi connectivity index (χ3n) is 5.00. The van der Waals surface area contributed by atoms with Gasteiger partial charge >= 0.3 is 0 Å². The lowest BCUT2D eigenvalue weighted by molar-refractivity contribution is 0.299. The second kappa shape index (κ2) is 5.88. The predicted molar refractivity (Wildman–Crippen MR) is 81.1 cm³/mol. The summed E-state index contributed by atoms with van der Waals surface area (Å²) in [5.41, 5.74) is 0. The summed E-state index contributed by atoms with van der Waals surface area (Å²) in [7, 11) is 0.174.